The highest BCUT2D eigenvalue weighted by Gasteiger charge is 2.19. The third kappa shape index (κ3) is 2.01. The van der Waals surface area contributed by atoms with Crippen LogP contribution < -0.4 is 5.32 Å². The van der Waals surface area contributed by atoms with Crippen LogP contribution in [0.4, 0.5) is 0 Å². The Labute approximate surface area is 75.6 Å². The zero-order valence-corrected chi connectivity index (χ0v) is 8.43. The van der Waals surface area contributed by atoms with E-state index in [9.17, 15) is 0 Å². The predicted octanol–water partition coefficient (Wildman–Crippen LogP) is 1.45. The van der Waals surface area contributed by atoms with E-state index in [1.807, 2.05) is 0 Å². The molecule has 1 saturated heterocycles. The van der Waals surface area contributed by atoms with Gasteiger partial charge in [0.25, 0.3) is 0 Å². The fourth-order valence-corrected chi connectivity index (χ4v) is 1.60. The number of allylic oxidation sites excluding steroid dienone is 1. The molecule has 1 rings (SSSR count). The van der Waals surface area contributed by atoms with Crippen molar-refractivity contribution in [3.05, 3.63) is 12.3 Å². The molecule has 12 heavy (non-hydrogen) atoms. The molecule has 0 aromatic rings. The minimum atomic E-state index is 0.575. The molecule has 2 heteroatoms. The summed E-state index contributed by atoms with van der Waals surface area (Å²) in [7, 11) is 0. The summed E-state index contributed by atoms with van der Waals surface area (Å²) in [4.78, 5) is 2.42. The Bertz CT molecular complexity index is 163. The Morgan fingerprint density at radius 2 is 2.25 bits per heavy atom. The van der Waals surface area contributed by atoms with Gasteiger partial charge in [-0.05, 0) is 12.8 Å². The van der Waals surface area contributed by atoms with Crippen LogP contribution in [0.5, 0.6) is 0 Å². The van der Waals surface area contributed by atoms with E-state index in [0.717, 1.165) is 19.6 Å². The van der Waals surface area contributed by atoms with E-state index in [-0.39, 0.29) is 0 Å². The molecule has 0 spiro atoms. The summed E-state index contributed by atoms with van der Waals surface area (Å²) >= 11 is 0. The summed E-state index contributed by atoms with van der Waals surface area (Å²) in [5.74, 6) is 0.575. The first-order valence-electron chi connectivity index (χ1n) is 4.79. The molecule has 1 unspecified atom stereocenters. The van der Waals surface area contributed by atoms with Crippen molar-refractivity contribution in [2.45, 2.75) is 26.8 Å². The third-order valence-corrected chi connectivity index (χ3v) is 2.54. The van der Waals surface area contributed by atoms with E-state index in [1.165, 1.54) is 5.70 Å². The lowest BCUT2D eigenvalue weighted by atomic mass is 10.1. The molecular formula is C10H20N2. The first-order valence-corrected chi connectivity index (χ1v) is 4.79. The summed E-state index contributed by atoms with van der Waals surface area (Å²) in [5, 5.41) is 3.38. The summed E-state index contributed by atoms with van der Waals surface area (Å²) in [5.41, 5.74) is 1.28. The Morgan fingerprint density at radius 3 is 2.75 bits per heavy atom. The van der Waals surface area contributed by atoms with Crippen molar-refractivity contribution >= 4 is 0 Å². The SMILES string of the molecule is C=C(C(C)C)N1CCNCC1C. The van der Waals surface area contributed by atoms with E-state index < -0.39 is 0 Å². The number of nitrogens with zero attached hydrogens (tertiary/aromatic N) is 1. The van der Waals surface area contributed by atoms with Gasteiger partial charge in [-0.1, -0.05) is 20.4 Å². The predicted molar refractivity (Wildman–Crippen MR) is 53.0 cm³/mol. The number of hydrogen-bond donors (Lipinski definition) is 1. The molecule has 0 radical (unpaired) electrons. The Morgan fingerprint density at radius 1 is 1.58 bits per heavy atom. The topological polar surface area (TPSA) is 15.3 Å². The summed E-state index contributed by atoms with van der Waals surface area (Å²) in [6.45, 7) is 14.1. The van der Waals surface area contributed by atoms with E-state index in [2.05, 4.69) is 37.6 Å². The zero-order chi connectivity index (χ0) is 9.14. The van der Waals surface area contributed by atoms with Crippen LogP contribution in [-0.2, 0) is 0 Å². The molecule has 0 aliphatic carbocycles. The fourth-order valence-electron chi connectivity index (χ4n) is 1.60. The van der Waals surface area contributed by atoms with Gasteiger partial charge in [-0.2, -0.15) is 0 Å². The van der Waals surface area contributed by atoms with Gasteiger partial charge in [-0.15, -0.1) is 0 Å². The van der Waals surface area contributed by atoms with Crippen LogP contribution in [0.2, 0.25) is 0 Å². The molecule has 70 valence electrons. The molecular weight excluding hydrogens is 148 g/mol. The van der Waals surface area contributed by atoms with Crippen LogP contribution in [-0.4, -0.2) is 30.6 Å². The van der Waals surface area contributed by atoms with Gasteiger partial charge in [-0.25, -0.2) is 0 Å². The Hall–Kier alpha value is -0.500. The maximum Gasteiger partial charge on any atom is 0.0383 e. The van der Waals surface area contributed by atoms with Crippen LogP contribution in [0.25, 0.3) is 0 Å². The first kappa shape index (κ1) is 9.59. The van der Waals surface area contributed by atoms with Crippen molar-refractivity contribution in [3.63, 3.8) is 0 Å². The van der Waals surface area contributed by atoms with Crippen LogP contribution in [0.15, 0.2) is 12.3 Å². The van der Waals surface area contributed by atoms with Gasteiger partial charge in [0.05, 0.1) is 0 Å². The number of piperazine rings is 1. The standard InChI is InChI=1S/C10H20N2/c1-8(2)10(4)12-6-5-11-7-9(12)3/h8-9,11H,4-7H2,1-3H3. The van der Waals surface area contributed by atoms with E-state index in [1.54, 1.807) is 0 Å². The minimum Gasteiger partial charge on any atom is -0.370 e. The summed E-state index contributed by atoms with van der Waals surface area (Å²) in [6.07, 6.45) is 0. The Balaban J connectivity index is 2.53. The van der Waals surface area contributed by atoms with Gasteiger partial charge in [0.2, 0.25) is 0 Å². The highest BCUT2D eigenvalue weighted by atomic mass is 15.2. The minimum absolute atomic E-state index is 0.575. The molecule has 1 fully saturated rings. The van der Waals surface area contributed by atoms with Crippen molar-refractivity contribution in [1.29, 1.82) is 0 Å². The van der Waals surface area contributed by atoms with Crippen LogP contribution in [0.1, 0.15) is 20.8 Å². The monoisotopic (exact) mass is 168 g/mol. The molecule has 0 saturated carbocycles. The third-order valence-electron chi connectivity index (χ3n) is 2.54. The van der Waals surface area contributed by atoms with Gasteiger partial charge >= 0.3 is 0 Å². The summed E-state index contributed by atoms with van der Waals surface area (Å²) < 4.78 is 0. The molecule has 1 aliphatic heterocycles. The molecule has 1 heterocycles. The molecule has 2 nitrogen and oxygen atoms in total. The lowest BCUT2D eigenvalue weighted by molar-refractivity contribution is 0.207. The quantitative estimate of drug-likeness (QED) is 0.671. The van der Waals surface area contributed by atoms with Crippen LogP contribution in [0, 0.1) is 5.92 Å². The largest absolute Gasteiger partial charge is 0.370 e. The second-order valence-corrected chi connectivity index (χ2v) is 3.89. The molecule has 1 atom stereocenters. The smallest absolute Gasteiger partial charge is 0.0383 e. The van der Waals surface area contributed by atoms with Crippen LogP contribution in [0.3, 0.4) is 0 Å². The molecule has 0 aromatic heterocycles. The molecule has 0 aromatic carbocycles. The van der Waals surface area contributed by atoms with Gasteiger partial charge in [0.15, 0.2) is 0 Å². The number of rotatable bonds is 2. The van der Waals surface area contributed by atoms with Crippen molar-refractivity contribution < 1.29 is 0 Å². The summed E-state index contributed by atoms with van der Waals surface area (Å²) in [6, 6.07) is 0.605. The fraction of sp³-hybridized carbons (Fsp3) is 0.800. The highest BCUT2D eigenvalue weighted by molar-refractivity contribution is 5.01. The van der Waals surface area contributed by atoms with E-state index in [4.69, 9.17) is 0 Å². The number of hydrogen-bond acceptors (Lipinski definition) is 2. The van der Waals surface area contributed by atoms with E-state index >= 15 is 0 Å². The maximum absolute atomic E-state index is 4.13. The second-order valence-electron chi connectivity index (χ2n) is 3.89. The molecule has 1 N–H and O–H groups in total. The Kier molecular flexibility index (Phi) is 3.15. The number of nitrogens with one attached hydrogen (secondary N) is 1. The average molecular weight is 168 g/mol. The molecule has 0 bridgehead atoms. The molecule has 1 aliphatic rings. The lowest BCUT2D eigenvalue weighted by Crippen LogP contribution is -2.49. The van der Waals surface area contributed by atoms with Crippen LogP contribution >= 0.6 is 0 Å². The lowest BCUT2D eigenvalue weighted by Gasteiger charge is -2.38. The van der Waals surface area contributed by atoms with E-state index in [0.29, 0.717) is 12.0 Å². The maximum atomic E-state index is 4.13. The van der Waals surface area contributed by atoms with Crippen molar-refractivity contribution in [2.75, 3.05) is 19.6 Å². The van der Waals surface area contributed by atoms with Crippen molar-refractivity contribution in [1.82, 2.24) is 10.2 Å². The average Bonchev–Trinajstić information content (AvgIpc) is 2.04. The second kappa shape index (κ2) is 3.94. The molecule has 0 amide bonds. The zero-order valence-electron chi connectivity index (χ0n) is 8.43. The van der Waals surface area contributed by atoms with Gasteiger partial charge in [0, 0.05) is 31.4 Å². The first-order chi connectivity index (χ1) is 5.63. The van der Waals surface area contributed by atoms with Crippen molar-refractivity contribution in [3.8, 4) is 0 Å². The highest BCUT2D eigenvalue weighted by Crippen LogP contribution is 2.16. The van der Waals surface area contributed by atoms with Gasteiger partial charge in [0.1, 0.15) is 0 Å². The van der Waals surface area contributed by atoms with Gasteiger partial charge < -0.3 is 10.2 Å². The normalized spacial score (nSPS) is 24.7. The van der Waals surface area contributed by atoms with Gasteiger partial charge in [-0.3, -0.25) is 0 Å². The van der Waals surface area contributed by atoms with Crippen molar-refractivity contribution in [2.24, 2.45) is 5.92 Å².